The zero-order valence-corrected chi connectivity index (χ0v) is 13.5. The molecule has 1 aliphatic heterocycles. The van der Waals surface area contributed by atoms with Crippen molar-refractivity contribution in [2.24, 2.45) is 0 Å². The molecule has 0 spiro atoms. The lowest BCUT2D eigenvalue weighted by Gasteiger charge is -2.25. The SMILES string of the molecule is CNc1ncnc2c1ccn2[C@@H]1O[C@H](CSC)[C@@](C)(O)[C@H]1O. The fourth-order valence-electron chi connectivity index (χ4n) is 2.81. The Morgan fingerprint density at radius 3 is 2.95 bits per heavy atom. The van der Waals surface area contributed by atoms with E-state index in [1.165, 1.54) is 6.33 Å². The van der Waals surface area contributed by atoms with E-state index in [0.717, 1.165) is 5.39 Å². The smallest absolute Gasteiger partial charge is 0.164 e. The van der Waals surface area contributed by atoms with Gasteiger partial charge in [-0.25, -0.2) is 9.97 Å². The Morgan fingerprint density at radius 1 is 1.50 bits per heavy atom. The predicted octanol–water partition coefficient (Wildman–Crippen LogP) is 0.845. The molecule has 3 heterocycles. The summed E-state index contributed by atoms with van der Waals surface area (Å²) in [4.78, 5) is 8.45. The van der Waals surface area contributed by atoms with Crippen LogP contribution in [0.1, 0.15) is 13.2 Å². The van der Waals surface area contributed by atoms with E-state index in [1.54, 1.807) is 36.5 Å². The molecule has 3 N–H and O–H groups in total. The van der Waals surface area contributed by atoms with Crippen LogP contribution in [0, 0.1) is 0 Å². The number of anilines is 1. The van der Waals surface area contributed by atoms with E-state index in [2.05, 4.69) is 15.3 Å². The summed E-state index contributed by atoms with van der Waals surface area (Å²) >= 11 is 1.57. The van der Waals surface area contributed by atoms with Gasteiger partial charge in [-0.2, -0.15) is 11.8 Å². The first-order valence-electron chi connectivity index (χ1n) is 7.04. The molecule has 120 valence electrons. The van der Waals surface area contributed by atoms with E-state index >= 15 is 0 Å². The van der Waals surface area contributed by atoms with Gasteiger partial charge in [-0.15, -0.1) is 0 Å². The second-order valence-corrected chi connectivity index (χ2v) is 6.48. The molecule has 0 bridgehead atoms. The van der Waals surface area contributed by atoms with Gasteiger partial charge in [0, 0.05) is 19.0 Å². The fraction of sp³-hybridized carbons (Fsp3) is 0.571. The predicted molar refractivity (Wildman–Crippen MR) is 86.0 cm³/mol. The third-order valence-electron chi connectivity index (χ3n) is 4.16. The highest BCUT2D eigenvalue weighted by molar-refractivity contribution is 7.98. The summed E-state index contributed by atoms with van der Waals surface area (Å²) in [6.45, 7) is 1.61. The molecule has 8 heteroatoms. The van der Waals surface area contributed by atoms with E-state index < -0.39 is 24.0 Å². The van der Waals surface area contributed by atoms with Gasteiger partial charge in [0.15, 0.2) is 6.23 Å². The van der Waals surface area contributed by atoms with Crippen molar-refractivity contribution in [3.05, 3.63) is 18.6 Å². The molecular weight excluding hydrogens is 304 g/mol. The summed E-state index contributed by atoms with van der Waals surface area (Å²) in [7, 11) is 1.79. The first kappa shape index (κ1) is 15.5. The average molecular weight is 324 g/mol. The monoisotopic (exact) mass is 324 g/mol. The molecule has 2 aromatic heterocycles. The van der Waals surface area contributed by atoms with Gasteiger partial charge in [-0.05, 0) is 19.2 Å². The quantitative estimate of drug-likeness (QED) is 0.767. The minimum atomic E-state index is -1.30. The Kier molecular flexibility index (Phi) is 4.02. The van der Waals surface area contributed by atoms with Crippen LogP contribution in [0.2, 0.25) is 0 Å². The number of aliphatic hydroxyl groups is 2. The van der Waals surface area contributed by atoms with Crippen LogP contribution in [0.5, 0.6) is 0 Å². The first-order chi connectivity index (χ1) is 10.5. The molecule has 2 aromatic rings. The molecule has 0 saturated carbocycles. The van der Waals surface area contributed by atoms with Crippen LogP contribution in [0.4, 0.5) is 5.82 Å². The van der Waals surface area contributed by atoms with Gasteiger partial charge in [0.2, 0.25) is 0 Å². The van der Waals surface area contributed by atoms with Gasteiger partial charge in [0.25, 0.3) is 0 Å². The average Bonchev–Trinajstić information content (AvgIpc) is 3.02. The minimum absolute atomic E-state index is 0.439. The van der Waals surface area contributed by atoms with Gasteiger partial charge in [0.1, 0.15) is 35.6 Å². The summed E-state index contributed by atoms with van der Waals surface area (Å²) in [5, 5.41) is 24.9. The largest absolute Gasteiger partial charge is 0.385 e. The number of fused-ring (bicyclic) bond motifs is 1. The normalized spacial score (nSPS) is 31.8. The molecule has 1 aliphatic rings. The number of thioether (sulfide) groups is 1. The van der Waals surface area contributed by atoms with Crippen molar-refractivity contribution in [2.75, 3.05) is 24.4 Å². The molecule has 1 fully saturated rings. The van der Waals surface area contributed by atoms with Crippen LogP contribution in [-0.2, 0) is 4.74 Å². The maximum atomic E-state index is 10.5. The summed E-state index contributed by atoms with van der Waals surface area (Å²) in [6, 6.07) is 1.87. The second-order valence-electron chi connectivity index (χ2n) is 5.57. The van der Waals surface area contributed by atoms with Crippen LogP contribution >= 0.6 is 11.8 Å². The molecule has 0 aromatic carbocycles. The van der Waals surface area contributed by atoms with Crippen molar-refractivity contribution in [1.29, 1.82) is 0 Å². The summed E-state index contributed by atoms with van der Waals surface area (Å²) in [5.41, 5.74) is -0.646. The third-order valence-corrected chi connectivity index (χ3v) is 4.80. The van der Waals surface area contributed by atoms with Crippen molar-refractivity contribution in [1.82, 2.24) is 14.5 Å². The maximum Gasteiger partial charge on any atom is 0.164 e. The molecule has 0 amide bonds. The van der Waals surface area contributed by atoms with Crippen molar-refractivity contribution >= 4 is 28.6 Å². The number of ether oxygens (including phenoxy) is 1. The van der Waals surface area contributed by atoms with Crippen molar-refractivity contribution in [3.63, 3.8) is 0 Å². The van der Waals surface area contributed by atoms with Gasteiger partial charge < -0.3 is 24.8 Å². The topological polar surface area (TPSA) is 92.4 Å². The minimum Gasteiger partial charge on any atom is -0.385 e. The van der Waals surface area contributed by atoms with E-state index in [1.807, 2.05) is 12.3 Å². The van der Waals surface area contributed by atoms with Gasteiger partial charge in [-0.1, -0.05) is 0 Å². The molecule has 7 nitrogen and oxygen atoms in total. The van der Waals surface area contributed by atoms with Crippen molar-refractivity contribution in [2.45, 2.75) is 31.0 Å². The number of aliphatic hydroxyl groups excluding tert-OH is 1. The molecule has 0 aliphatic carbocycles. The van der Waals surface area contributed by atoms with Gasteiger partial charge in [0.05, 0.1) is 5.39 Å². The third kappa shape index (κ3) is 2.26. The zero-order valence-electron chi connectivity index (χ0n) is 12.7. The molecule has 3 rings (SSSR count). The molecule has 4 atom stereocenters. The molecule has 22 heavy (non-hydrogen) atoms. The van der Waals surface area contributed by atoms with Crippen LogP contribution < -0.4 is 5.32 Å². The highest BCUT2D eigenvalue weighted by Gasteiger charge is 2.52. The van der Waals surface area contributed by atoms with Crippen LogP contribution in [0.3, 0.4) is 0 Å². The Labute approximate surface area is 132 Å². The summed E-state index contributed by atoms with van der Waals surface area (Å²) in [5.74, 6) is 1.32. The van der Waals surface area contributed by atoms with Crippen LogP contribution in [0.25, 0.3) is 11.0 Å². The standard InChI is InChI=1S/C14H20N4O3S/c1-14(20)9(6-22-3)21-13(10(14)19)18-5-4-8-11(15-2)16-7-17-12(8)18/h4-5,7,9-10,13,19-20H,6H2,1-3H3,(H,15,16,17)/t9-,10+,13-,14-/m1/s1. The Balaban J connectivity index is 2.01. The number of hydrogen-bond donors (Lipinski definition) is 3. The number of nitrogens with one attached hydrogen (secondary N) is 1. The zero-order chi connectivity index (χ0) is 15.9. The highest BCUT2D eigenvalue weighted by Crippen LogP contribution is 2.39. The van der Waals surface area contributed by atoms with Gasteiger partial charge >= 0.3 is 0 Å². The van der Waals surface area contributed by atoms with E-state index in [4.69, 9.17) is 4.74 Å². The molecule has 1 saturated heterocycles. The lowest BCUT2D eigenvalue weighted by atomic mass is 9.95. The number of hydrogen-bond acceptors (Lipinski definition) is 7. The maximum absolute atomic E-state index is 10.5. The number of aromatic nitrogens is 3. The Morgan fingerprint density at radius 2 is 2.27 bits per heavy atom. The van der Waals surface area contributed by atoms with Crippen molar-refractivity contribution < 1.29 is 14.9 Å². The number of rotatable bonds is 4. The van der Waals surface area contributed by atoms with E-state index in [-0.39, 0.29) is 0 Å². The lowest BCUT2D eigenvalue weighted by Crippen LogP contribution is -2.45. The van der Waals surface area contributed by atoms with Crippen LogP contribution in [-0.4, -0.2) is 61.6 Å². The van der Waals surface area contributed by atoms with E-state index in [0.29, 0.717) is 17.2 Å². The fourth-order valence-corrected chi connectivity index (χ4v) is 3.53. The molecular formula is C14H20N4O3S. The Hall–Kier alpha value is -1.35. The first-order valence-corrected chi connectivity index (χ1v) is 8.44. The van der Waals surface area contributed by atoms with Gasteiger partial charge in [-0.3, -0.25) is 0 Å². The Bertz CT molecular complexity index is 675. The lowest BCUT2D eigenvalue weighted by molar-refractivity contribution is -0.0569. The van der Waals surface area contributed by atoms with Crippen molar-refractivity contribution in [3.8, 4) is 0 Å². The van der Waals surface area contributed by atoms with E-state index in [9.17, 15) is 10.2 Å². The molecule has 0 unspecified atom stereocenters. The number of nitrogens with zero attached hydrogens (tertiary/aromatic N) is 3. The highest BCUT2D eigenvalue weighted by atomic mass is 32.2. The van der Waals surface area contributed by atoms with Crippen LogP contribution in [0.15, 0.2) is 18.6 Å². The second kappa shape index (κ2) is 5.69. The molecule has 0 radical (unpaired) electrons. The summed E-state index contributed by atoms with van der Waals surface area (Å²) in [6.07, 6.45) is 3.05. The summed E-state index contributed by atoms with van der Waals surface area (Å²) < 4.78 is 7.66.